The molecule has 18 heavy (non-hydrogen) atoms. The highest BCUT2D eigenvalue weighted by atomic mass is 32.2. The van der Waals surface area contributed by atoms with Crippen molar-refractivity contribution in [1.82, 2.24) is 4.98 Å². The lowest BCUT2D eigenvalue weighted by Gasteiger charge is -2.12. The van der Waals surface area contributed by atoms with Gasteiger partial charge in [0, 0.05) is 31.6 Å². The fourth-order valence-corrected chi connectivity index (χ4v) is 2.10. The summed E-state index contributed by atoms with van der Waals surface area (Å²) < 4.78 is 27.7. The average Bonchev–Trinajstić information content (AvgIpc) is 2.67. The molecule has 1 aromatic carbocycles. The van der Waals surface area contributed by atoms with Gasteiger partial charge >= 0.3 is 0 Å². The van der Waals surface area contributed by atoms with Crippen molar-refractivity contribution in [1.29, 1.82) is 0 Å². The van der Waals surface area contributed by atoms with Crippen LogP contribution in [0.3, 0.4) is 0 Å². The molecular formula is C11H15N3O3S. The molecule has 0 saturated heterocycles. The molecule has 98 valence electrons. The van der Waals surface area contributed by atoms with Gasteiger partial charge in [-0.15, -0.1) is 0 Å². The summed E-state index contributed by atoms with van der Waals surface area (Å²) in [4.78, 5) is 5.93. The standard InChI is InChI=1S/C11H15N3O3S/c1-14(5-6-18(2,15)16)11-13-9-4-3-8(12)7-10(9)17-11/h3-4,7H,5-6,12H2,1-2H3. The Hall–Kier alpha value is -1.76. The molecule has 0 amide bonds. The molecule has 0 aliphatic rings. The third kappa shape index (κ3) is 2.92. The summed E-state index contributed by atoms with van der Waals surface area (Å²) in [7, 11) is -1.26. The summed E-state index contributed by atoms with van der Waals surface area (Å²) >= 11 is 0. The van der Waals surface area contributed by atoms with E-state index in [9.17, 15) is 8.42 Å². The first-order valence-electron chi connectivity index (χ1n) is 5.40. The van der Waals surface area contributed by atoms with E-state index in [4.69, 9.17) is 10.2 Å². The maximum Gasteiger partial charge on any atom is 0.298 e. The molecule has 0 radical (unpaired) electrons. The van der Waals surface area contributed by atoms with Gasteiger partial charge in [0.15, 0.2) is 5.58 Å². The summed E-state index contributed by atoms with van der Waals surface area (Å²) in [6.45, 7) is 0.334. The Balaban J connectivity index is 2.20. The number of rotatable bonds is 4. The lowest BCUT2D eigenvalue weighted by molar-refractivity contribution is 0.582. The molecule has 1 aromatic heterocycles. The molecule has 2 aromatic rings. The van der Waals surface area contributed by atoms with E-state index in [1.165, 1.54) is 6.26 Å². The minimum atomic E-state index is -3.00. The zero-order chi connectivity index (χ0) is 13.3. The van der Waals surface area contributed by atoms with Gasteiger partial charge in [-0.3, -0.25) is 0 Å². The van der Waals surface area contributed by atoms with E-state index in [2.05, 4.69) is 4.98 Å². The van der Waals surface area contributed by atoms with E-state index in [1.807, 2.05) is 0 Å². The highest BCUT2D eigenvalue weighted by molar-refractivity contribution is 7.90. The van der Waals surface area contributed by atoms with E-state index in [0.29, 0.717) is 29.3 Å². The SMILES string of the molecule is CN(CCS(C)(=O)=O)c1nc2ccc(N)cc2o1. The topological polar surface area (TPSA) is 89.4 Å². The van der Waals surface area contributed by atoms with Crippen molar-refractivity contribution in [3.63, 3.8) is 0 Å². The van der Waals surface area contributed by atoms with Crippen LogP contribution in [0, 0.1) is 0 Å². The fourth-order valence-electron chi connectivity index (χ4n) is 1.49. The summed E-state index contributed by atoms with van der Waals surface area (Å²) in [6, 6.07) is 5.59. The molecule has 6 nitrogen and oxygen atoms in total. The van der Waals surface area contributed by atoms with Crippen molar-refractivity contribution in [3.05, 3.63) is 18.2 Å². The van der Waals surface area contributed by atoms with Crippen molar-refractivity contribution in [3.8, 4) is 0 Å². The summed E-state index contributed by atoms with van der Waals surface area (Å²) in [6.07, 6.45) is 1.20. The third-order valence-corrected chi connectivity index (χ3v) is 3.45. The van der Waals surface area contributed by atoms with Gasteiger partial charge in [-0.25, -0.2) is 8.42 Å². The fraction of sp³-hybridized carbons (Fsp3) is 0.364. The van der Waals surface area contributed by atoms with Crippen molar-refractivity contribution >= 4 is 32.6 Å². The maximum absolute atomic E-state index is 11.1. The molecule has 0 atom stereocenters. The molecular weight excluding hydrogens is 254 g/mol. The average molecular weight is 269 g/mol. The zero-order valence-electron chi connectivity index (χ0n) is 10.3. The number of sulfone groups is 1. The number of benzene rings is 1. The number of hydrogen-bond acceptors (Lipinski definition) is 6. The van der Waals surface area contributed by atoms with Gasteiger partial charge in [0.25, 0.3) is 6.01 Å². The molecule has 0 bridgehead atoms. The van der Waals surface area contributed by atoms with Gasteiger partial charge in [-0.1, -0.05) is 0 Å². The highest BCUT2D eigenvalue weighted by Crippen LogP contribution is 2.22. The van der Waals surface area contributed by atoms with Crippen LogP contribution in [0.4, 0.5) is 11.7 Å². The Bertz CT molecular complexity index is 663. The van der Waals surface area contributed by atoms with E-state index < -0.39 is 9.84 Å². The van der Waals surface area contributed by atoms with Gasteiger partial charge in [0.1, 0.15) is 15.4 Å². The second kappa shape index (κ2) is 4.49. The van der Waals surface area contributed by atoms with Crippen LogP contribution in [-0.2, 0) is 9.84 Å². The highest BCUT2D eigenvalue weighted by Gasteiger charge is 2.12. The molecule has 1 heterocycles. The van der Waals surface area contributed by atoms with Crippen molar-refractivity contribution in [2.45, 2.75) is 0 Å². The minimum absolute atomic E-state index is 0.0599. The van der Waals surface area contributed by atoms with Gasteiger partial charge in [-0.2, -0.15) is 4.98 Å². The quantitative estimate of drug-likeness (QED) is 0.829. The monoisotopic (exact) mass is 269 g/mol. The second-order valence-electron chi connectivity index (χ2n) is 4.28. The number of oxazole rings is 1. The predicted molar refractivity (Wildman–Crippen MR) is 71.4 cm³/mol. The van der Waals surface area contributed by atoms with Crippen LogP contribution >= 0.6 is 0 Å². The molecule has 0 fully saturated rings. The lowest BCUT2D eigenvalue weighted by Crippen LogP contribution is -2.24. The number of anilines is 2. The van der Waals surface area contributed by atoms with Crippen molar-refractivity contribution in [2.24, 2.45) is 0 Å². The Morgan fingerprint density at radius 1 is 1.44 bits per heavy atom. The van der Waals surface area contributed by atoms with Crippen LogP contribution in [0.25, 0.3) is 11.1 Å². The normalized spacial score (nSPS) is 11.9. The number of aromatic nitrogens is 1. The van der Waals surface area contributed by atoms with Crippen LogP contribution in [0.2, 0.25) is 0 Å². The molecule has 0 aliphatic heterocycles. The van der Waals surface area contributed by atoms with Gasteiger partial charge < -0.3 is 15.1 Å². The summed E-state index contributed by atoms with van der Waals surface area (Å²) in [5, 5.41) is 0. The molecule has 0 unspecified atom stereocenters. The molecule has 0 spiro atoms. The summed E-state index contributed by atoms with van der Waals surface area (Å²) in [5.41, 5.74) is 7.54. The van der Waals surface area contributed by atoms with Crippen LogP contribution in [0.1, 0.15) is 0 Å². The van der Waals surface area contributed by atoms with Crippen LogP contribution in [0.5, 0.6) is 0 Å². The largest absolute Gasteiger partial charge is 0.423 e. The molecule has 0 aliphatic carbocycles. The smallest absolute Gasteiger partial charge is 0.298 e. The zero-order valence-corrected chi connectivity index (χ0v) is 11.1. The number of hydrogen-bond donors (Lipinski definition) is 1. The Labute approximate surface area is 105 Å². The Kier molecular flexibility index (Phi) is 3.16. The molecule has 0 saturated carbocycles. The first-order chi connectivity index (χ1) is 8.35. The third-order valence-electron chi connectivity index (χ3n) is 2.53. The van der Waals surface area contributed by atoms with Crippen molar-refractivity contribution < 1.29 is 12.8 Å². The summed E-state index contributed by atoms with van der Waals surface area (Å²) in [5.74, 6) is 0.0599. The van der Waals surface area contributed by atoms with Gasteiger partial charge in [0.05, 0.1) is 5.75 Å². The van der Waals surface area contributed by atoms with Crippen LogP contribution < -0.4 is 10.6 Å². The molecule has 7 heteroatoms. The Morgan fingerprint density at radius 2 is 2.17 bits per heavy atom. The van der Waals surface area contributed by atoms with Crippen LogP contribution in [0.15, 0.2) is 22.6 Å². The Morgan fingerprint density at radius 3 is 2.83 bits per heavy atom. The molecule has 2 N–H and O–H groups in total. The minimum Gasteiger partial charge on any atom is -0.423 e. The second-order valence-corrected chi connectivity index (χ2v) is 6.53. The van der Waals surface area contributed by atoms with Gasteiger partial charge in [-0.05, 0) is 12.1 Å². The van der Waals surface area contributed by atoms with E-state index >= 15 is 0 Å². The first kappa shape index (κ1) is 12.7. The van der Waals surface area contributed by atoms with E-state index in [1.54, 1.807) is 30.1 Å². The predicted octanol–water partition coefficient (Wildman–Crippen LogP) is 0.891. The number of nitrogens with zero attached hydrogens (tertiary/aromatic N) is 2. The molecule has 2 rings (SSSR count). The van der Waals surface area contributed by atoms with Crippen molar-refractivity contribution in [2.75, 3.05) is 36.2 Å². The van der Waals surface area contributed by atoms with Crippen LogP contribution in [-0.4, -0.2) is 39.0 Å². The lowest BCUT2D eigenvalue weighted by atomic mass is 10.3. The van der Waals surface area contributed by atoms with E-state index in [0.717, 1.165) is 0 Å². The van der Waals surface area contributed by atoms with E-state index in [-0.39, 0.29) is 5.75 Å². The van der Waals surface area contributed by atoms with Gasteiger partial charge in [0.2, 0.25) is 0 Å². The first-order valence-corrected chi connectivity index (χ1v) is 7.46. The number of nitrogen functional groups attached to an aromatic ring is 1. The maximum atomic E-state index is 11.1. The number of fused-ring (bicyclic) bond motifs is 1. The number of nitrogens with two attached hydrogens (primary N) is 1.